The van der Waals surface area contributed by atoms with Gasteiger partial charge in [-0.2, -0.15) is 8.78 Å². The van der Waals surface area contributed by atoms with Crippen LogP contribution in [0, 0.1) is 0 Å². The molecule has 196 valence electrons. The molecule has 0 spiro atoms. The predicted octanol–water partition coefficient (Wildman–Crippen LogP) is 3.06. The van der Waals surface area contributed by atoms with Gasteiger partial charge >= 0.3 is 7.82 Å². The van der Waals surface area contributed by atoms with E-state index in [9.17, 15) is 13.3 Å². The van der Waals surface area contributed by atoms with Crippen molar-refractivity contribution in [2.24, 2.45) is 0 Å². The van der Waals surface area contributed by atoms with Gasteiger partial charge in [0, 0.05) is 31.8 Å². The van der Waals surface area contributed by atoms with Crippen LogP contribution >= 0.6 is 7.82 Å². The van der Waals surface area contributed by atoms with Crippen LogP contribution in [0.25, 0.3) is 11.3 Å². The second-order valence-electron chi connectivity index (χ2n) is 8.33. The fraction of sp³-hybridized carbons (Fsp3) is 0.250. The maximum atomic E-state index is 14.0. The van der Waals surface area contributed by atoms with E-state index in [1.54, 1.807) is 24.3 Å². The van der Waals surface area contributed by atoms with Gasteiger partial charge in [0.15, 0.2) is 11.9 Å². The highest BCUT2D eigenvalue weighted by molar-refractivity contribution is 7.46. The summed E-state index contributed by atoms with van der Waals surface area (Å²) in [6.45, 7) is -0.0856. The van der Waals surface area contributed by atoms with E-state index in [1.807, 2.05) is 24.3 Å². The van der Waals surface area contributed by atoms with Crippen molar-refractivity contribution in [3.63, 3.8) is 0 Å². The van der Waals surface area contributed by atoms with E-state index in [4.69, 9.17) is 24.8 Å². The Hall–Kier alpha value is -3.41. The molecule has 1 aromatic carbocycles. The van der Waals surface area contributed by atoms with Crippen molar-refractivity contribution < 1.29 is 41.5 Å². The predicted molar refractivity (Wildman–Crippen MR) is 129 cm³/mol. The highest BCUT2D eigenvalue weighted by Crippen LogP contribution is 2.35. The zero-order valence-corrected chi connectivity index (χ0v) is 20.6. The summed E-state index contributed by atoms with van der Waals surface area (Å²) in [6.07, 6.45) is 4.34. The molecule has 2 aromatic heterocycles. The number of phosphoric ester groups is 1. The summed E-state index contributed by atoms with van der Waals surface area (Å²) >= 11 is 0. The SMILES string of the molecule is COC1C(NCc2ccc(Cc3cc(-c4ccc[n+](COP(=O)(O)O)c4N)on3)cc2)=CC=CC1(F)F. The molecule has 0 aliphatic heterocycles. The van der Waals surface area contributed by atoms with Gasteiger partial charge in [-0.3, -0.25) is 5.73 Å². The fourth-order valence-corrected chi connectivity index (χ4v) is 4.10. The maximum Gasteiger partial charge on any atom is 0.472 e. The van der Waals surface area contributed by atoms with Gasteiger partial charge in [-0.05, 0) is 35.4 Å². The number of nitrogens with zero attached hydrogens (tertiary/aromatic N) is 2. The van der Waals surface area contributed by atoms with Crippen molar-refractivity contribution >= 4 is 13.6 Å². The van der Waals surface area contributed by atoms with E-state index in [2.05, 4.69) is 15.0 Å². The highest BCUT2D eigenvalue weighted by atomic mass is 31.2. The van der Waals surface area contributed by atoms with Crippen LogP contribution in [0.5, 0.6) is 0 Å². The molecule has 0 amide bonds. The van der Waals surface area contributed by atoms with Gasteiger partial charge in [-0.1, -0.05) is 35.5 Å². The second-order valence-corrected chi connectivity index (χ2v) is 9.57. The Kier molecular flexibility index (Phi) is 7.86. The number of methoxy groups -OCH3 is 1. The summed E-state index contributed by atoms with van der Waals surface area (Å²) in [7, 11) is -3.40. The largest absolute Gasteiger partial charge is 0.472 e. The van der Waals surface area contributed by atoms with E-state index in [-0.39, 0.29) is 5.82 Å². The van der Waals surface area contributed by atoms with Gasteiger partial charge in [-0.15, -0.1) is 0 Å². The van der Waals surface area contributed by atoms with Crippen LogP contribution in [0.2, 0.25) is 0 Å². The molecule has 1 unspecified atom stereocenters. The number of hydrogen-bond acceptors (Lipinski definition) is 7. The van der Waals surface area contributed by atoms with Crippen LogP contribution in [-0.4, -0.2) is 34.1 Å². The highest BCUT2D eigenvalue weighted by Gasteiger charge is 2.41. The first-order valence-corrected chi connectivity index (χ1v) is 12.6. The maximum absolute atomic E-state index is 14.0. The minimum atomic E-state index is -4.66. The number of phosphoric acid groups is 1. The third kappa shape index (κ3) is 6.68. The average Bonchev–Trinajstić information content (AvgIpc) is 3.30. The molecule has 3 aromatic rings. The van der Waals surface area contributed by atoms with Crippen molar-refractivity contribution in [3.8, 4) is 11.3 Å². The van der Waals surface area contributed by atoms with E-state index in [1.165, 1.54) is 23.9 Å². The number of nitrogens with one attached hydrogen (secondary N) is 1. The van der Waals surface area contributed by atoms with Crippen molar-refractivity contribution in [1.82, 2.24) is 10.5 Å². The third-order valence-electron chi connectivity index (χ3n) is 5.67. The number of benzene rings is 1. The first-order valence-electron chi connectivity index (χ1n) is 11.1. The molecule has 2 heterocycles. The molecular formula is C24H26F2N4O6P+. The van der Waals surface area contributed by atoms with Crippen LogP contribution in [0.1, 0.15) is 16.8 Å². The number of halogens is 2. The standard InChI is InChI=1S/C24H25F2N4O6P/c1-34-22-20(5-2-10-24(22,25)26)28-14-17-8-6-16(7-9-17)12-18-13-21(36-29-18)19-4-3-11-30(23(19)27)15-35-37(31,32)33/h2-11,13,22,27-28H,12,14-15H2,1H3,(H2,31,32,33)/p+1. The monoisotopic (exact) mass is 535 g/mol. The molecular weight excluding hydrogens is 509 g/mol. The smallest absolute Gasteiger partial charge is 0.382 e. The summed E-state index contributed by atoms with van der Waals surface area (Å²) in [5.74, 6) is -2.50. The molecule has 4 rings (SSSR count). The fourth-order valence-electron chi connectivity index (χ4n) is 3.83. The van der Waals surface area contributed by atoms with Gasteiger partial charge < -0.3 is 24.4 Å². The van der Waals surface area contributed by atoms with Crippen LogP contribution < -0.4 is 15.6 Å². The van der Waals surface area contributed by atoms with Crippen LogP contribution in [-0.2, 0) is 33.5 Å². The molecule has 5 N–H and O–H groups in total. The lowest BCUT2D eigenvalue weighted by atomic mass is 10.0. The molecule has 10 nitrogen and oxygen atoms in total. The second kappa shape index (κ2) is 10.9. The summed E-state index contributed by atoms with van der Waals surface area (Å²) < 4.78 is 55.2. The lowest BCUT2D eigenvalue weighted by Gasteiger charge is -2.28. The normalized spacial score (nSPS) is 17.0. The lowest BCUT2D eigenvalue weighted by Crippen LogP contribution is -2.41. The number of allylic oxidation sites excluding steroid dienone is 2. The van der Waals surface area contributed by atoms with Crippen LogP contribution in [0.4, 0.5) is 14.6 Å². The number of rotatable bonds is 10. The van der Waals surface area contributed by atoms with Gasteiger partial charge in [-0.25, -0.2) is 13.7 Å². The van der Waals surface area contributed by atoms with Crippen LogP contribution in [0.15, 0.2) is 77.1 Å². The Morgan fingerprint density at radius 3 is 2.68 bits per heavy atom. The lowest BCUT2D eigenvalue weighted by molar-refractivity contribution is -0.711. The van der Waals surface area contributed by atoms with E-state index < -0.39 is 26.6 Å². The molecule has 0 radical (unpaired) electrons. The number of pyridine rings is 1. The topological polar surface area (TPSA) is 144 Å². The number of alkyl halides is 2. The van der Waals surface area contributed by atoms with Crippen molar-refractivity contribution in [2.75, 3.05) is 12.8 Å². The zero-order valence-electron chi connectivity index (χ0n) is 19.8. The Morgan fingerprint density at radius 1 is 1.24 bits per heavy atom. The molecule has 1 aliphatic carbocycles. The van der Waals surface area contributed by atoms with Gasteiger partial charge in [0.1, 0.15) is 5.56 Å². The molecule has 0 bridgehead atoms. The van der Waals surface area contributed by atoms with Gasteiger partial charge in [0.25, 0.3) is 11.7 Å². The zero-order chi connectivity index (χ0) is 26.6. The summed E-state index contributed by atoms with van der Waals surface area (Å²) in [5.41, 5.74) is 9.42. The number of aromatic nitrogens is 2. The van der Waals surface area contributed by atoms with E-state index in [0.29, 0.717) is 35.7 Å². The first-order chi connectivity index (χ1) is 17.6. The van der Waals surface area contributed by atoms with Crippen molar-refractivity contribution in [1.29, 1.82) is 0 Å². The molecule has 0 saturated heterocycles. The van der Waals surface area contributed by atoms with Crippen LogP contribution in [0.3, 0.4) is 0 Å². The molecule has 13 heteroatoms. The Balaban J connectivity index is 1.38. The summed E-state index contributed by atoms with van der Waals surface area (Å²) in [6, 6.07) is 12.7. The molecule has 0 fully saturated rings. The number of hydrogen-bond donors (Lipinski definition) is 4. The molecule has 0 saturated carbocycles. The van der Waals surface area contributed by atoms with Gasteiger partial charge in [0.05, 0.1) is 11.9 Å². The van der Waals surface area contributed by atoms with Gasteiger partial charge in [0.2, 0.25) is 6.73 Å². The van der Waals surface area contributed by atoms with E-state index >= 15 is 0 Å². The Bertz CT molecular complexity index is 1350. The Labute approximate surface area is 211 Å². The minimum Gasteiger partial charge on any atom is -0.382 e. The van der Waals surface area contributed by atoms with Crippen molar-refractivity contribution in [3.05, 3.63) is 89.4 Å². The first kappa shape index (κ1) is 26.6. The number of ether oxygens (including phenoxy) is 1. The summed E-state index contributed by atoms with van der Waals surface area (Å²) in [4.78, 5) is 17.8. The van der Waals surface area contributed by atoms with Crippen molar-refractivity contribution in [2.45, 2.75) is 31.7 Å². The third-order valence-corrected chi connectivity index (χ3v) is 6.12. The van der Waals surface area contributed by atoms with E-state index in [0.717, 1.165) is 17.2 Å². The number of nitrogen functional groups attached to an aromatic ring is 1. The summed E-state index contributed by atoms with van der Waals surface area (Å²) in [5, 5.41) is 7.11. The quantitative estimate of drug-likeness (QED) is 0.227. The average molecular weight is 535 g/mol. The number of anilines is 1. The minimum absolute atomic E-state index is 0.188. The number of nitrogens with two attached hydrogens (primary N) is 1. The molecule has 37 heavy (non-hydrogen) atoms. The Morgan fingerprint density at radius 2 is 1.97 bits per heavy atom. The molecule has 1 aliphatic rings. The molecule has 1 atom stereocenters.